The van der Waals surface area contributed by atoms with Gasteiger partial charge in [0.2, 0.25) is 5.91 Å². The highest BCUT2D eigenvalue weighted by Crippen LogP contribution is 2.41. The first-order valence-electron chi connectivity index (χ1n) is 9.51. The molecule has 2 amide bonds. The van der Waals surface area contributed by atoms with E-state index in [1.807, 2.05) is 19.1 Å². The highest BCUT2D eigenvalue weighted by molar-refractivity contribution is 7.22. The van der Waals surface area contributed by atoms with Crippen LogP contribution >= 0.6 is 11.3 Å². The van der Waals surface area contributed by atoms with Crippen LogP contribution in [0.1, 0.15) is 28.4 Å². The lowest BCUT2D eigenvalue weighted by Gasteiger charge is -2.15. The van der Waals surface area contributed by atoms with Crippen LogP contribution in [0.2, 0.25) is 0 Å². The van der Waals surface area contributed by atoms with E-state index < -0.39 is 5.91 Å². The molecule has 0 saturated carbocycles. The standard InChI is InChI=1S/C21H23N5O3S/c1-4-16(27)25-6-5-13(10-25)26-20(22)17(21(23)28)18(24-26)15-9-12-7-11(2)8-14(29-3)19(12)30-15/h4,7-9,13H,1,5-6,10,22H2,2-3H3,(H2,23,28). The number of anilines is 1. The molecule has 0 radical (unpaired) electrons. The van der Waals surface area contributed by atoms with Crippen LogP contribution in [0.3, 0.4) is 0 Å². The number of nitrogen functional groups attached to an aromatic ring is 1. The van der Waals surface area contributed by atoms with Gasteiger partial charge in [0.15, 0.2) is 0 Å². The van der Waals surface area contributed by atoms with Crippen LogP contribution in [-0.4, -0.2) is 46.7 Å². The van der Waals surface area contributed by atoms with E-state index in [0.717, 1.165) is 26.3 Å². The molecular weight excluding hydrogens is 402 g/mol. The van der Waals surface area contributed by atoms with Crippen LogP contribution in [0, 0.1) is 6.92 Å². The molecule has 1 aromatic carbocycles. The van der Waals surface area contributed by atoms with Gasteiger partial charge in [-0.2, -0.15) is 5.10 Å². The van der Waals surface area contributed by atoms with Crippen molar-refractivity contribution in [3.05, 3.63) is 42.0 Å². The van der Waals surface area contributed by atoms with Crippen molar-refractivity contribution >= 4 is 39.1 Å². The number of carbonyl (C=O) groups excluding carboxylic acids is 2. The number of fused-ring (bicyclic) bond motifs is 1. The first-order valence-corrected chi connectivity index (χ1v) is 10.3. The van der Waals surface area contributed by atoms with Crippen molar-refractivity contribution in [2.45, 2.75) is 19.4 Å². The van der Waals surface area contributed by atoms with Gasteiger partial charge < -0.3 is 21.1 Å². The highest BCUT2D eigenvalue weighted by atomic mass is 32.1. The molecular formula is C21H23N5O3S. The number of carbonyl (C=O) groups is 2. The summed E-state index contributed by atoms with van der Waals surface area (Å²) in [5, 5.41) is 5.67. The molecule has 0 bridgehead atoms. The lowest BCUT2D eigenvalue weighted by Crippen LogP contribution is -2.27. The minimum atomic E-state index is -0.633. The molecule has 1 saturated heterocycles. The number of methoxy groups -OCH3 is 1. The summed E-state index contributed by atoms with van der Waals surface area (Å²) < 4.78 is 8.10. The maximum Gasteiger partial charge on any atom is 0.254 e. The Morgan fingerprint density at radius 1 is 1.37 bits per heavy atom. The first kappa shape index (κ1) is 20.0. The third kappa shape index (κ3) is 3.21. The maximum absolute atomic E-state index is 12.2. The van der Waals surface area contributed by atoms with Gasteiger partial charge in [-0.15, -0.1) is 11.3 Å². The number of aryl methyl sites for hydroxylation is 1. The Labute approximate surface area is 177 Å². The summed E-state index contributed by atoms with van der Waals surface area (Å²) in [6, 6.07) is 5.86. The molecule has 1 fully saturated rings. The minimum Gasteiger partial charge on any atom is -0.495 e. The SMILES string of the molecule is C=CC(=O)N1CCC(n2nc(-c3cc4cc(C)cc(OC)c4s3)c(C(N)=O)c2N)C1. The number of primary amides is 1. The largest absolute Gasteiger partial charge is 0.495 e. The van der Waals surface area contributed by atoms with Crippen molar-refractivity contribution in [1.82, 2.24) is 14.7 Å². The molecule has 1 aliphatic heterocycles. The van der Waals surface area contributed by atoms with E-state index >= 15 is 0 Å². The normalized spacial score (nSPS) is 16.2. The van der Waals surface area contributed by atoms with Crippen molar-refractivity contribution in [3.63, 3.8) is 0 Å². The van der Waals surface area contributed by atoms with Gasteiger partial charge in [-0.3, -0.25) is 9.59 Å². The molecule has 0 aliphatic carbocycles. The second-order valence-electron chi connectivity index (χ2n) is 7.34. The monoisotopic (exact) mass is 425 g/mol. The smallest absolute Gasteiger partial charge is 0.254 e. The number of hydrogen-bond donors (Lipinski definition) is 2. The van der Waals surface area contributed by atoms with Gasteiger partial charge in [0, 0.05) is 13.1 Å². The van der Waals surface area contributed by atoms with Crippen LogP contribution in [-0.2, 0) is 4.79 Å². The van der Waals surface area contributed by atoms with Gasteiger partial charge in [0.1, 0.15) is 22.8 Å². The van der Waals surface area contributed by atoms with Crippen LogP contribution in [0.25, 0.3) is 20.7 Å². The van der Waals surface area contributed by atoms with Crippen LogP contribution in [0.4, 0.5) is 5.82 Å². The molecule has 1 atom stereocenters. The third-order valence-electron chi connectivity index (χ3n) is 5.37. The summed E-state index contributed by atoms with van der Waals surface area (Å²) in [7, 11) is 1.63. The van der Waals surface area contributed by atoms with E-state index in [1.165, 1.54) is 17.4 Å². The van der Waals surface area contributed by atoms with Crippen molar-refractivity contribution < 1.29 is 14.3 Å². The van der Waals surface area contributed by atoms with E-state index in [0.29, 0.717) is 25.2 Å². The number of rotatable bonds is 5. The Hall–Kier alpha value is -3.33. The van der Waals surface area contributed by atoms with E-state index in [2.05, 4.69) is 17.7 Å². The average molecular weight is 426 g/mol. The summed E-state index contributed by atoms with van der Waals surface area (Å²) in [5.74, 6) is 0.219. The lowest BCUT2D eigenvalue weighted by atomic mass is 10.1. The average Bonchev–Trinajstić information content (AvgIpc) is 3.42. The Balaban J connectivity index is 1.80. The molecule has 30 heavy (non-hydrogen) atoms. The summed E-state index contributed by atoms with van der Waals surface area (Å²) in [5.41, 5.74) is 13.7. The van der Waals surface area contributed by atoms with Crippen LogP contribution < -0.4 is 16.2 Å². The molecule has 1 aliphatic rings. The number of amides is 2. The molecule has 8 nitrogen and oxygen atoms in total. The Morgan fingerprint density at radius 3 is 2.80 bits per heavy atom. The van der Waals surface area contributed by atoms with E-state index in [4.69, 9.17) is 16.2 Å². The second-order valence-corrected chi connectivity index (χ2v) is 8.40. The Kier molecular flexibility index (Phi) is 4.98. The zero-order valence-corrected chi connectivity index (χ0v) is 17.7. The molecule has 4 N–H and O–H groups in total. The predicted octanol–water partition coefficient (Wildman–Crippen LogP) is 2.72. The topological polar surface area (TPSA) is 116 Å². The fourth-order valence-corrected chi connectivity index (χ4v) is 5.07. The number of thiophene rings is 1. The van der Waals surface area contributed by atoms with Crippen molar-refractivity contribution in [2.75, 3.05) is 25.9 Å². The number of likely N-dealkylation sites (tertiary alicyclic amines) is 1. The van der Waals surface area contributed by atoms with E-state index in [-0.39, 0.29) is 23.3 Å². The van der Waals surface area contributed by atoms with Crippen molar-refractivity contribution in [2.24, 2.45) is 5.73 Å². The van der Waals surface area contributed by atoms with Crippen LogP contribution in [0.15, 0.2) is 30.9 Å². The molecule has 9 heteroatoms. The number of nitrogens with two attached hydrogens (primary N) is 2. The predicted molar refractivity (Wildman–Crippen MR) is 118 cm³/mol. The number of benzene rings is 1. The first-order chi connectivity index (χ1) is 14.3. The van der Waals surface area contributed by atoms with E-state index in [1.54, 1.807) is 16.7 Å². The minimum absolute atomic E-state index is 0.132. The van der Waals surface area contributed by atoms with Gasteiger partial charge in [-0.1, -0.05) is 12.6 Å². The molecule has 156 valence electrons. The van der Waals surface area contributed by atoms with Gasteiger partial charge in [0.25, 0.3) is 5.91 Å². The summed E-state index contributed by atoms with van der Waals surface area (Å²) >= 11 is 1.47. The number of ether oxygens (including phenoxy) is 1. The fourth-order valence-electron chi connectivity index (χ4n) is 3.94. The molecule has 1 unspecified atom stereocenters. The summed E-state index contributed by atoms with van der Waals surface area (Å²) in [6.07, 6.45) is 1.98. The number of nitrogens with zero attached hydrogens (tertiary/aromatic N) is 3. The van der Waals surface area contributed by atoms with Gasteiger partial charge in [0.05, 0.1) is 22.7 Å². The fraction of sp³-hybridized carbons (Fsp3) is 0.286. The quantitative estimate of drug-likeness (QED) is 0.610. The van der Waals surface area contributed by atoms with E-state index in [9.17, 15) is 9.59 Å². The molecule has 3 heterocycles. The summed E-state index contributed by atoms with van der Waals surface area (Å²) in [4.78, 5) is 26.6. The molecule has 3 aromatic rings. The van der Waals surface area contributed by atoms with Gasteiger partial charge in [-0.25, -0.2) is 4.68 Å². The van der Waals surface area contributed by atoms with Crippen LogP contribution in [0.5, 0.6) is 5.75 Å². The summed E-state index contributed by atoms with van der Waals surface area (Å²) in [6.45, 7) is 6.56. The third-order valence-corrected chi connectivity index (χ3v) is 6.54. The zero-order valence-electron chi connectivity index (χ0n) is 16.8. The highest BCUT2D eigenvalue weighted by Gasteiger charge is 2.31. The maximum atomic E-state index is 12.2. The molecule has 2 aromatic heterocycles. The Morgan fingerprint density at radius 2 is 2.13 bits per heavy atom. The van der Waals surface area contributed by atoms with Crippen molar-refractivity contribution in [3.8, 4) is 16.3 Å². The molecule has 4 rings (SSSR count). The van der Waals surface area contributed by atoms with Gasteiger partial charge >= 0.3 is 0 Å². The van der Waals surface area contributed by atoms with Crippen molar-refractivity contribution in [1.29, 1.82) is 0 Å². The second kappa shape index (κ2) is 7.49. The number of aromatic nitrogens is 2. The number of hydrogen-bond acceptors (Lipinski definition) is 6. The lowest BCUT2D eigenvalue weighted by molar-refractivity contribution is -0.125. The molecule has 0 spiro atoms. The Bertz CT molecular complexity index is 1180. The zero-order chi connectivity index (χ0) is 21.6. The van der Waals surface area contributed by atoms with Gasteiger partial charge in [-0.05, 0) is 42.5 Å².